The molecule has 2 saturated heterocycles. The predicted molar refractivity (Wildman–Crippen MR) is 63.2 cm³/mol. The largest absolute Gasteiger partial charge is 0.442 e. The number of rotatable bonds is 1. The van der Waals surface area contributed by atoms with E-state index in [1.54, 1.807) is 18.2 Å². The summed E-state index contributed by atoms with van der Waals surface area (Å²) in [4.78, 5) is 10.5. The van der Waals surface area contributed by atoms with Gasteiger partial charge in [0.15, 0.2) is 0 Å². The first-order valence-corrected chi connectivity index (χ1v) is 5.61. The Balaban J connectivity index is 0.000000153. The SMILES string of the molecule is Nc1cccc(C2OC2=O)c1.OC1CCNC1. The van der Waals surface area contributed by atoms with Crippen LogP contribution in [0.2, 0.25) is 0 Å². The highest BCUT2D eigenvalue weighted by molar-refractivity contribution is 5.88. The lowest BCUT2D eigenvalue weighted by atomic mass is 10.1. The van der Waals surface area contributed by atoms with Gasteiger partial charge in [-0.2, -0.15) is 0 Å². The number of carbonyl (C=O) groups excluding carboxylic acids is 1. The normalized spacial score (nSPS) is 25.8. The Kier molecular flexibility index (Phi) is 3.61. The molecule has 17 heavy (non-hydrogen) atoms. The average Bonchev–Trinajstić information content (AvgIpc) is 2.83. The van der Waals surface area contributed by atoms with Gasteiger partial charge in [0.1, 0.15) is 0 Å². The first-order chi connectivity index (χ1) is 8.16. The molecular weight excluding hydrogens is 220 g/mol. The molecule has 2 unspecified atom stereocenters. The predicted octanol–water partition coefficient (Wildman–Crippen LogP) is 0.207. The summed E-state index contributed by atoms with van der Waals surface area (Å²) in [6.45, 7) is 1.78. The van der Waals surface area contributed by atoms with Gasteiger partial charge in [-0.05, 0) is 25.1 Å². The Morgan fingerprint density at radius 1 is 1.47 bits per heavy atom. The smallest absolute Gasteiger partial charge is 0.353 e. The number of carbonyl (C=O) groups is 1. The molecule has 2 fully saturated rings. The topological polar surface area (TPSA) is 87.9 Å². The summed E-state index contributed by atoms with van der Waals surface area (Å²) in [5.41, 5.74) is 7.00. The third-order valence-electron chi connectivity index (χ3n) is 2.64. The van der Waals surface area contributed by atoms with E-state index in [0.29, 0.717) is 5.69 Å². The lowest BCUT2D eigenvalue weighted by Gasteiger charge is -1.93. The van der Waals surface area contributed by atoms with Crippen molar-refractivity contribution in [2.24, 2.45) is 0 Å². The van der Waals surface area contributed by atoms with Crippen molar-refractivity contribution in [3.63, 3.8) is 0 Å². The molecule has 1 aromatic rings. The molecule has 92 valence electrons. The molecule has 2 aliphatic rings. The van der Waals surface area contributed by atoms with Gasteiger partial charge in [-0.1, -0.05) is 12.1 Å². The molecule has 0 spiro atoms. The number of nitrogens with two attached hydrogens (primary N) is 1. The standard InChI is InChI=1S/C8H7NO2.C4H9NO/c9-6-3-1-2-5(4-6)7-8(10)11-7;6-4-1-2-5-3-4/h1-4,7H,9H2;4-6H,1-3H2. The maximum atomic E-state index is 10.5. The van der Waals surface area contributed by atoms with Crippen molar-refractivity contribution >= 4 is 11.7 Å². The van der Waals surface area contributed by atoms with Gasteiger partial charge in [0.2, 0.25) is 6.10 Å². The molecular formula is C12H16N2O3. The molecule has 0 saturated carbocycles. The molecule has 0 aromatic heterocycles. The first kappa shape index (κ1) is 11.9. The van der Waals surface area contributed by atoms with Crippen LogP contribution >= 0.6 is 0 Å². The minimum absolute atomic E-state index is 0.0648. The summed E-state index contributed by atoms with van der Waals surface area (Å²) in [6, 6.07) is 7.15. The molecule has 5 nitrogen and oxygen atoms in total. The van der Waals surface area contributed by atoms with Crippen molar-refractivity contribution in [3.8, 4) is 0 Å². The van der Waals surface area contributed by atoms with Crippen LogP contribution in [0.1, 0.15) is 18.1 Å². The van der Waals surface area contributed by atoms with Crippen LogP contribution in [0.4, 0.5) is 5.69 Å². The van der Waals surface area contributed by atoms with E-state index in [2.05, 4.69) is 10.1 Å². The van der Waals surface area contributed by atoms with E-state index in [1.807, 2.05) is 6.07 Å². The molecule has 2 heterocycles. The Hall–Kier alpha value is -1.59. The zero-order valence-electron chi connectivity index (χ0n) is 9.43. The van der Waals surface area contributed by atoms with Gasteiger partial charge in [-0.3, -0.25) is 0 Å². The summed E-state index contributed by atoms with van der Waals surface area (Å²) in [7, 11) is 0. The fraction of sp³-hybridized carbons (Fsp3) is 0.417. The van der Waals surface area contributed by atoms with E-state index in [-0.39, 0.29) is 18.2 Å². The number of β-amino-alcohol motifs (C(OH)–C–C–N with tert-alkyl or cyclic N) is 1. The Morgan fingerprint density at radius 2 is 2.24 bits per heavy atom. The molecule has 2 atom stereocenters. The molecule has 5 heteroatoms. The second kappa shape index (κ2) is 5.16. The van der Waals surface area contributed by atoms with Gasteiger partial charge >= 0.3 is 5.97 Å². The highest BCUT2D eigenvalue weighted by atomic mass is 16.6. The number of hydrogen-bond donors (Lipinski definition) is 3. The van der Waals surface area contributed by atoms with Crippen molar-refractivity contribution in [2.45, 2.75) is 18.6 Å². The summed E-state index contributed by atoms with van der Waals surface area (Å²) < 4.78 is 4.66. The lowest BCUT2D eigenvalue weighted by molar-refractivity contribution is -0.117. The molecule has 1 aromatic carbocycles. The molecule has 0 aliphatic carbocycles. The molecule has 2 aliphatic heterocycles. The van der Waals surface area contributed by atoms with Crippen LogP contribution in [0, 0.1) is 0 Å². The van der Waals surface area contributed by atoms with Gasteiger partial charge in [0, 0.05) is 17.8 Å². The maximum absolute atomic E-state index is 10.5. The van der Waals surface area contributed by atoms with Gasteiger partial charge in [0.05, 0.1) is 6.10 Å². The van der Waals surface area contributed by atoms with Crippen molar-refractivity contribution < 1.29 is 14.6 Å². The number of anilines is 1. The number of benzene rings is 1. The van der Waals surface area contributed by atoms with E-state index in [9.17, 15) is 4.79 Å². The quantitative estimate of drug-likeness (QED) is 0.479. The van der Waals surface area contributed by atoms with Crippen molar-refractivity contribution in [2.75, 3.05) is 18.8 Å². The highest BCUT2D eigenvalue weighted by Crippen LogP contribution is 2.32. The van der Waals surface area contributed by atoms with E-state index in [4.69, 9.17) is 10.8 Å². The van der Waals surface area contributed by atoms with Gasteiger partial charge in [-0.25, -0.2) is 4.79 Å². The van der Waals surface area contributed by atoms with Crippen molar-refractivity contribution in [1.82, 2.24) is 5.32 Å². The zero-order chi connectivity index (χ0) is 12.3. The molecule has 0 radical (unpaired) electrons. The van der Waals surface area contributed by atoms with Crippen LogP contribution in [0.15, 0.2) is 24.3 Å². The molecule has 4 N–H and O–H groups in total. The lowest BCUT2D eigenvalue weighted by Crippen LogP contribution is -2.11. The summed E-state index contributed by atoms with van der Waals surface area (Å²) in [5.74, 6) is -0.171. The third-order valence-corrected chi connectivity index (χ3v) is 2.64. The summed E-state index contributed by atoms with van der Waals surface area (Å²) >= 11 is 0. The van der Waals surface area contributed by atoms with Crippen LogP contribution in [-0.4, -0.2) is 30.3 Å². The Morgan fingerprint density at radius 3 is 2.65 bits per heavy atom. The van der Waals surface area contributed by atoms with E-state index in [0.717, 1.165) is 25.1 Å². The zero-order valence-corrected chi connectivity index (χ0v) is 9.43. The van der Waals surface area contributed by atoms with Crippen molar-refractivity contribution in [1.29, 1.82) is 0 Å². The van der Waals surface area contributed by atoms with Crippen LogP contribution < -0.4 is 11.1 Å². The van der Waals surface area contributed by atoms with E-state index >= 15 is 0 Å². The number of nitrogen functional groups attached to an aromatic ring is 1. The number of hydrogen-bond acceptors (Lipinski definition) is 5. The fourth-order valence-corrected chi connectivity index (χ4v) is 1.65. The minimum atomic E-state index is -0.349. The number of epoxide rings is 1. The van der Waals surface area contributed by atoms with E-state index < -0.39 is 0 Å². The van der Waals surface area contributed by atoms with Crippen LogP contribution in [0.3, 0.4) is 0 Å². The third kappa shape index (κ3) is 3.44. The Labute approximate surface area is 99.6 Å². The Bertz CT molecular complexity index is 402. The van der Waals surface area contributed by atoms with Crippen LogP contribution in [0.5, 0.6) is 0 Å². The second-order valence-corrected chi connectivity index (χ2v) is 4.13. The summed E-state index contributed by atoms with van der Waals surface area (Å²) in [5, 5.41) is 11.7. The fourth-order valence-electron chi connectivity index (χ4n) is 1.65. The monoisotopic (exact) mass is 236 g/mol. The number of aliphatic hydroxyl groups is 1. The number of cyclic esters (lactones) is 1. The van der Waals surface area contributed by atoms with Crippen LogP contribution in [-0.2, 0) is 9.53 Å². The molecule has 3 rings (SSSR count). The number of aliphatic hydroxyl groups excluding tert-OH is 1. The van der Waals surface area contributed by atoms with Gasteiger partial charge < -0.3 is 20.9 Å². The van der Waals surface area contributed by atoms with Crippen LogP contribution in [0.25, 0.3) is 0 Å². The summed E-state index contributed by atoms with van der Waals surface area (Å²) in [6.07, 6.45) is 0.517. The average molecular weight is 236 g/mol. The highest BCUT2D eigenvalue weighted by Gasteiger charge is 2.39. The van der Waals surface area contributed by atoms with Gasteiger partial charge in [0.25, 0.3) is 0 Å². The first-order valence-electron chi connectivity index (χ1n) is 5.61. The number of ether oxygens (including phenoxy) is 1. The van der Waals surface area contributed by atoms with E-state index in [1.165, 1.54) is 0 Å². The maximum Gasteiger partial charge on any atom is 0.353 e. The van der Waals surface area contributed by atoms with Gasteiger partial charge in [-0.15, -0.1) is 0 Å². The molecule has 0 bridgehead atoms. The number of nitrogens with one attached hydrogen (secondary N) is 1. The minimum Gasteiger partial charge on any atom is -0.442 e. The second-order valence-electron chi connectivity index (χ2n) is 4.13. The molecule has 0 amide bonds. The van der Waals surface area contributed by atoms with Crippen molar-refractivity contribution in [3.05, 3.63) is 29.8 Å².